The van der Waals surface area contributed by atoms with E-state index in [-0.39, 0.29) is 12.0 Å². The number of morpholine rings is 1. The van der Waals surface area contributed by atoms with E-state index in [9.17, 15) is 4.79 Å². The quantitative estimate of drug-likeness (QED) is 0.873. The lowest BCUT2D eigenvalue weighted by molar-refractivity contribution is -0.0226. The van der Waals surface area contributed by atoms with Gasteiger partial charge in [0.15, 0.2) is 0 Å². The third kappa shape index (κ3) is 3.06. The minimum atomic E-state index is -0.0415. The van der Waals surface area contributed by atoms with Crippen LogP contribution in [0.25, 0.3) is 0 Å². The summed E-state index contributed by atoms with van der Waals surface area (Å²) in [6, 6.07) is 5.48. The molecule has 1 aliphatic heterocycles. The molecule has 1 atom stereocenters. The number of methoxy groups -OCH3 is 1. The van der Waals surface area contributed by atoms with Gasteiger partial charge in [0.1, 0.15) is 6.10 Å². The molecule has 0 aromatic carbocycles. The third-order valence-corrected chi connectivity index (χ3v) is 4.16. The Bertz CT molecular complexity index is 598. The molecule has 0 spiro atoms. The van der Waals surface area contributed by atoms with Gasteiger partial charge >= 0.3 is 0 Å². The summed E-state index contributed by atoms with van der Waals surface area (Å²) in [5, 5.41) is 4.08. The normalized spacial score (nSPS) is 18.5. The minimum Gasteiger partial charge on any atom is -0.481 e. The average molecular weight is 304 g/mol. The van der Waals surface area contributed by atoms with Gasteiger partial charge in [-0.3, -0.25) is 4.79 Å². The molecule has 21 heavy (non-hydrogen) atoms. The van der Waals surface area contributed by atoms with Crippen molar-refractivity contribution >= 4 is 17.2 Å². The van der Waals surface area contributed by atoms with Gasteiger partial charge in [-0.15, -0.1) is 0 Å². The first-order valence-corrected chi connectivity index (χ1v) is 7.65. The van der Waals surface area contributed by atoms with E-state index >= 15 is 0 Å². The number of nitrogens with zero attached hydrogens (tertiary/aromatic N) is 2. The molecule has 1 unspecified atom stereocenters. The highest BCUT2D eigenvalue weighted by Gasteiger charge is 2.26. The van der Waals surface area contributed by atoms with Crippen LogP contribution in [0.3, 0.4) is 0 Å². The number of pyridine rings is 1. The van der Waals surface area contributed by atoms with Crippen LogP contribution in [0.4, 0.5) is 0 Å². The summed E-state index contributed by atoms with van der Waals surface area (Å²) in [4.78, 5) is 18.4. The number of hydrogen-bond acceptors (Lipinski definition) is 5. The Balaban J connectivity index is 1.71. The number of aromatic nitrogens is 1. The van der Waals surface area contributed by atoms with Gasteiger partial charge < -0.3 is 14.4 Å². The van der Waals surface area contributed by atoms with Crippen molar-refractivity contribution in [2.75, 3.05) is 26.8 Å². The zero-order valence-electron chi connectivity index (χ0n) is 11.7. The Kier molecular flexibility index (Phi) is 4.17. The van der Waals surface area contributed by atoms with Crippen LogP contribution >= 0.6 is 11.3 Å². The van der Waals surface area contributed by atoms with E-state index in [1.54, 1.807) is 36.8 Å². The van der Waals surface area contributed by atoms with Crippen molar-refractivity contribution in [3.63, 3.8) is 0 Å². The van der Waals surface area contributed by atoms with E-state index < -0.39 is 0 Å². The van der Waals surface area contributed by atoms with E-state index in [0.717, 1.165) is 5.56 Å². The van der Waals surface area contributed by atoms with Crippen molar-refractivity contribution in [2.45, 2.75) is 6.10 Å². The van der Waals surface area contributed by atoms with E-state index in [0.29, 0.717) is 31.1 Å². The molecule has 0 N–H and O–H groups in total. The molecule has 1 fully saturated rings. The summed E-state index contributed by atoms with van der Waals surface area (Å²) >= 11 is 1.64. The molecule has 1 amide bonds. The standard InChI is InChI=1S/C15H16N2O3S/c1-19-14-3-2-11(8-16-14)15(18)17-5-6-20-13(9-17)12-4-7-21-10-12/h2-4,7-8,10,13H,5-6,9H2,1H3. The fourth-order valence-corrected chi connectivity index (χ4v) is 3.01. The number of amides is 1. The Labute approximate surface area is 127 Å². The zero-order valence-corrected chi connectivity index (χ0v) is 12.5. The lowest BCUT2D eigenvalue weighted by atomic mass is 10.1. The van der Waals surface area contributed by atoms with Crippen LogP contribution in [-0.2, 0) is 4.74 Å². The second-order valence-electron chi connectivity index (χ2n) is 4.76. The molecule has 3 heterocycles. The lowest BCUT2D eigenvalue weighted by Crippen LogP contribution is -2.42. The number of thiophene rings is 1. The molecule has 0 aliphatic carbocycles. The van der Waals surface area contributed by atoms with Gasteiger partial charge in [-0.25, -0.2) is 4.98 Å². The predicted molar refractivity (Wildman–Crippen MR) is 79.7 cm³/mol. The maximum Gasteiger partial charge on any atom is 0.255 e. The molecule has 2 aromatic rings. The highest BCUT2D eigenvalue weighted by molar-refractivity contribution is 7.07. The summed E-state index contributed by atoms with van der Waals surface area (Å²) in [7, 11) is 1.55. The van der Waals surface area contributed by atoms with Crippen molar-refractivity contribution in [1.29, 1.82) is 0 Å². The smallest absolute Gasteiger partial charge is 0.255 e. The van der Waals surface area contributed by atoms with Crippen molar-refractivity contribution < 1.29 is 14.3 Å². The molecule has 1 saturated heterocycles. The molecular formula is C15H16N2O3S. The maximum atomic E-state index is 12.5. The van der Waals surface area contributed by atoms with Crippen LogP contribution < -0.4 is 4.74 Å². The molecular weight excluding hydrogens is 288 g/mol. The monoisotopic (exact) mass is 304 g/mol. The fourth-order valence-electron chi connectivity index (χ4n) is 2.30. The SMILES string of the molecule is COc1ccc(C(=O)N2CCOC(c3ccsc3)C2)cn1. The molecule has 1 aliphatic rings. The Morgan fingerprint density at radius 1 is 1.48 bits per heavy atom. The van der Waals surface area contributed by atoms with E-state index in [1.807, 2.05) is 16.3 Å². The molecule has 3 rings (SSSR count). The van der Waals surface area contributed by atoms with Gasteiger partial charge in [0, 0.05) is 18.8 Å². The molecule has 6 heteroatoms. The summed E-state index contributed by atoms with van der Waals surface area (Å²) in [6.07, 6.45) is 1.51. The van der Waals surface area contributed by atoms with Gasteiger partial charge in [-0.05, 0) is 28.5 Å². The van der Waals surface area contributed by atoms with Crippen LogP contribution in [0.15, 0.2) is 35.2 Å². The fraction of sp³-hybridized carbons (Fsp3) is 0.333. The molecule has 0 saturated carbocycles. The van der Waals surface area contributed by atoms with Crippen LogP contribution in [0.5, 0.6) is 5.88 Å². The first-order valence-electron chi connectivity index (χ1n) is 6.71. The minimum absolute atomic E-state index is 0.0197. The first-order chi connectivity index (χ1) is 10.3. The molecule has 0 radical (unpaired) electrons. The van der Waals surface area contributed by atoms with Crippen LogP contribution in [0, 0.1) is 0 Å². The number of hydrogen-bond donors (Lipinski definition) is 0. The zero-order chi connectivity index (χ0) is 14.7. The summed E-state index contributed by atoms with van der Waals surface area (Å²) < 4.78 is 10.8. The third-order valence-electron chi connectivity index (χ3n) is 3.46. The molecule has 110 valence electrons. The first kappa shape index (κ1) is 14.0. The second kappa shape index (κ2) is 6.24. The van der Waals surface area contributed by atoms with Crippen LogP contribution in [-0.4, -0.2) is 42.6 Å². The maximum absolute atomic E-state index is 12.5. The van der Waals surface area contributed by atoms with Crippen molar-refractivity contribution in [1.82, 2.24) is 9.88 Å². The average Bonchev–Trinajstić information content (AvgIpc) is 3.09. The van der Waals surface area contributed by atoms with E-state index in [1.165, 1.54) is 0 Å². The van der Waals surface area contributed by atoms with Gasteiger partial charge in [0.05, 0.1) is 25.8 Å². The van der Waals surface area contributed by atoms with Gasteiger partial charge in [0.2, 0.25) is 5.88 Å². The number of ether oxygens (including phenoxy) is 2. The summed E-state index contributed by atoms with van der Waals surface area (Å²) in [6.45, 7) is 1.73. The topological polar surface area (TPSA) is 51.7 Å². The van der Waals surface area contributed by atoms with Gasteiger partial charge in [0.25, 0.3) is 5.91 Å². The van der Waals surface area contributed by atoms with Crippen LogP contribution in [0.2, 0.25) is 0 Å². The van der Waals surface area contributed by atoms with Crippen LogP contribution in [0.1, 0.15) is 22.0 Å². The van der Waals surface area contributed by atoms with Crippen molar-refractivity contribution in [3.05, 3.63) is 46.3 Å². The largest absolute Gasteiger partial charge is 0.481 e. The van der Waals surface area contributed by atoms with Gasteiger partial charge in [-0.2, -0.15) is 11.3 Å². The Morgan fingerprint density at radius 2 is 2.38 bits per heavy atom. The highest BCUT2D eigenvalue weighted by atomic mass is 32.1. The Morgan fingerprint density at radius 3 is 3.05 bits per heavy atom. The summed E-state index contributed by atoms with van der Waals surface area (Å²) in [5.74, 6) is 0.485. The van der Waals surface area contributed by atoms with Gasteiger partial charge in [-0.1, -0.05) is 0 Å². The lowest BCUT2D eigenvalue weighted by Gasteiger charge is -2.32. The van der Waals surface area contributed by atoms with Crippen molar-refractivity contribution in [2.24, 2.45) is 0 Å². The second-order valence-corrected chi connectivity index (χ2v) is 5.54. The number of rotatable bonds is 3. The number of carbonyl (C=O) groups is 1. The molecule has 0 bridgehead atoms. The Hall–Kier alpha value is -1.92. The van der Waals surface area contributed by atoms with Crippen molar-refractivity contribution in [3.8, 4) is 5.88 Å². The predicted octanol–water partition coefficient (Wildman–Crippen LogP) is 2.37. The number of carbonyl (C=O) groups excluding carboxylic acids is 1. The molecule has 2 aromatic heterocycles. The highest BCUT2D eigenvalue weighted by Crippen LogP contribution is 2.25. The van der Waals surface area contributed by atoms with E-state index in [2.05, 4.69) is 10.4 Å². The molecule has 5 nitrogen and oxygen atoms in total. The van der Waals surface area contributed by atoms with E-state index in [4.69, 9.17) is 9.47 Å². The summed E-state index contributed by atoms with van der Waals surface area (Å²) in [5.41, 5.74) is 1.70.